The first-order chi connectivity index (χ1) is 11.8. The van der Waals surface area contributed by atoms with E-state index in [1.165, 1.54) is 13.4 Å². The number of oxime groups is 1. The van der Waals surface area contributed by atoms with E-state index in [9.17, 15) is 0 Å². The molecule has 0 aliphatic carbocycles. The number of hydrogen-bond donors (Lipinski definition) is 0. The van der Waals surface area contributed by atoms with Gasteiger partial charge in [0.1, 0.15) is 37.1 Å². The maximum atomic E-state index is 6.13. The van der Waals surface area contributed by atoms with Gasteiger partial charge < -0.3 is 14.1 Å². The Balaban J connectivity index is 1.90. The number of para-hydroxylation sites is 1. The van der Waals surface area contributed by atoms with Gasteiger partial charge in [0.2, 0.25) is 0 Å². The Bertz CT molecular complexity index is 832. The summed E-state index contributed by atoms with van der Waals surface area (Å²) < 4.78 is 10.8. The van der Waals surface area contributed by atoms with Gasteiger partial charge in [-0.3, -0.25) is 0 Å². The van der Waals surface area contributed by atoms with Crippen molar-refractivity contribution >= 4 is 17.3 Å². The lowest BCUT2D eigenvalue weighted by atomic mass is 10.0. The largest absolute Gasteiger partial charge is 0.487 e. The van der Waals surface area contributed by atoms with E-state index in [0.717, 1.165) is 11.1 Å². The highest BCUT2D eigenvalue weighted by Gasteiger charge is 2.15. The van der Waals surface area contributed by atoms with Crippen LogP contribution in [0.2, 0.25) is 5.02 Å². The van der Waals surface area contributed by atoms with Crippen LogP contribution in [0.4, 0.5) is 0 Å². The highest BCUT2D eigenvalue weighted by Crippen LogP contribution is 2.25. The van der Waals surface area contributed by atoms with E-state index in [4.69, 9.17) is 25.7 Å². The van der Waals surface area contributed by atoms with Crippen molar-refractivity contribution in [2.24, 2.45) is 5.16 Å². The molecule has 0 radical (unpaired) electrons. The first kappa shape index (κ1) is 16.1. The van der Waals surface area contributed by atoms with Crippen LogP contribution in [0.15, 0.2) is 70.5 Å². The van der Waals surface area contributed by atoms with Crippen molar-refractivity contribution in [3.8, 4) is 5.75 Å². The smallest absolute Gasteiger partial charge is 0.139 e. The first-order valence-electron chi connectivity index (χ1n) is 7.27. The Morgan fingerprint density at radius 3 is 2.67 bits per heavy atom. The molecule has 3 aromatic rings. The van der Waals surface area contributed by atoms with E-state index in [1.807, 2.05) is 42.5 Å². The minimum absolute atomic E-state index is 0.334. The molecule has 0 unspecified atom stereocenters. The van der Waals surface area contributed by atoms with E-state index in [-0.39, 0.29) is 0 Å². The fraction of sp³-hybridized carbons (Fsp3) is 0.111. The predicted molar refractivity (Wildman–Crippen MR) is 91.4 cm³/mol. The zero-order valence-corrected chi connectivity index (χ0v) is 13.7. The lowest BCUT2D eigenvalue weighted by molar-refractivity contribution is 0.213. The van der Waals surface area contributed by atoms with Gasteiger partial charge in [0, 0.05) is 11.6 Å². The van der Waals surface area contributed by atoms with Crippen molar-refractivity contribution in [3.05, 3.63) is 82.7 Å². The Hall–Kier alpha value is -2.79. The molecule has 0 N–H and O–H groups in total. The van der Waals surface area contributed by atoms with E-state index in [1.54, 1.807) is 12.1 Å². The minimum Gasteiger partial charge on any atom is -0.487 e. The molecule has 0 saturated carbocycles. The fourth-order valence-corrected chi connectivity index (χ4v) is 2.44. The summed E-state index contributed by atoms with van der Waals surface area (Å²) in [5.74, 6) is 0.626. The zero-order valence-electron chi connectivity index (χ0n) is 13.0. The number of aromatic nitrogens is 1. The van der Waals surface area contributed by atoms with Crippen molar-refractivity contribution in [1.82, 2.24) is 5.16 Å². The Kier molecular flexibility index (Phi) is 5.13. The molecule has 0 bridgehead atoms. The van der Waals surface area contributed by atoms with Gasteiger partial charge in [-0.25, -0.2) is 0 Å². The lowest BCUT2D eigenvalue weighted by Gasteiger charge is -2.12. The Labute approximate surface area is 144 Å². The molecule has 24 heavy (non-hydrogen) atoms. The fourth-order valence-electron chi connectivity index (χ4n) is 2.25. The van der Waals surface area contributed by atoms with Gasteiger partial charge in [-0.2, -0.15) is 0 Å². The molecule has 0 amide bonds. The molecule has 0 fully saturated rings. The van der Waals surface area contributed by atoms with Crippen LogP contribution in [0.5, 0.6) is 5.75 Å². The second kappa shape index (κ2) is 7.66. The van der Waals surface area contributed by atoms with Crippen LogP contribution in [0.3, 0.4) is 0 Å². The molecular weight excluding hydrogens is 328 g/mol. The topological polar surface area (TPSA) is 56.9 Å². The van der Waals surface area contributed by atoms with Gasteiger partial charge in [0.15, 0.2) is 0 Å². The highest BCUT2D eigenvalue weighted by molar-refractivity contribution is 6.32. The summed E-state index contributed by atoms with van der Waals surface area (Å²) in [4.78, 5) is 4.96. The lowest BCUT2D eigenvalue weighted by Crippen LogP contribution is -2.10. The van der Waals surface area contributed by atoms with E-state index in [0.29, 0.717) is 28.8 Å². The normalized spacial score (nSPS) is 11.3. The third kappa shape index (κ3) is 3.58. The van der Waals surface area contributed by atoms with Crippen molar-refractivity contribution < 1.29 is 14.1 Å². The molecule has 3 rings (SSSR count). The maximum Gasteiger partial charge on any atom is 0.139 e. The molecular formula is C18H15ClN2O3. The number of halogens is 1. The molecule has 0 spiro atoms. The van der Waals surface area contributed by atoms with Gasteiger partial charge in [-0.1, -0.05) is 58.3 Å². The van der Waals surface area contributed by atoms with Crippen molar-refractivity contribution in [2.75, 3.05) is 7.11 Å². The Morgan fingerprint density at radius 2 is 1.92 bits per heavy atom. The summed E-state index contributed by atoms with van der Waals surface area (Å²) in [6.45, 7) is 0.334. The van der Waals surface area contributed by atoms with Crippen LogP contribution in [0.1, 0.15) is 16.8 Å². The highest BCUT2D eigenvalue weighted by atomic mass is 35.5. The van der Waals surface area contributed by atoms with Gasteiger partial charge >= 0.3 is 0 Å². The number of rotatable bonds is 6. The molecule has 0 aliphatic heterocycles. The second-order valence-electron chi connectivity index (χ2n) is 4.88. The summed E-state index contributed by atoms with van der Waals surface area (Å²) >= 11 is 6.13. The molecule has 0 aliphatic rings. The SMILES string of the molecule is CO/N=C(\c1ccon1)c1ccccc1COc1ccccc1Cl. The van der Waals surface area contributed by atoms with E-state index in [2.05, 4.69) is 10.3 Å². The standard InChI is InChI=1S/C18H15ClN2O3/c1-22-21-18(16-10-11-24-20-16)14-7-3-2-6-13(14)12-23-17-9-5-4-8-15(17)19/h2-11H,12H2,1H3/b21-18-. The summed E-state index contributed by atoms with van der Waals surface area (Å²) in [6.07, 6.45) is 1.49. The molecule has 0 atom stereocenters. The first-order valence-corrected chi connectivity index (χ1v) is 7.65. The van der Waals surface area contributed by atoms with Gasteiger partial charge in [-0.05, 0) is 17.7 Å². The zero-order chi connectivity index (χ0) is 16.8. The van der Waals surface area contributed by atoms with Crippen LogP contribution in [-0.2, 0) is 11.4 Å². The number of hydrogen-bond acceptors (Lipinski definition) is 5. The molecule has 2 aromatic carbocycles. The molecule has 122 valence electrons. The third-order valence-corrected chi connectivity index (χ3v) is 3.67. The van der Waals surface area contributed by atoms with Gasteiger partial charge in [-0.15, -0.1) is 0 Å². The summed E-state index contributed by atoms with van der Waals surface area (Å²) in [6, 6.07) is 16.8. The maximum absolute atomic E-state index is 6.13. The van der Waals surface area contributed by atoms with Gasteiger partial charge in [0.25, 0.3) is 0 Å². The second-order valence-corrected chi connectivity index (χ2v) is 5.29. The monoisotopic (exact) mass is 342 g/mol. The van der Waals surface area contributed by atoms with E-state index < -0.39 is 0 Å². The quantitative estimate of drug-likeness (QED) is 0.495. The molecule has 5 nitrogen and oxygen atoms in total. The van der Waals surface area contributed by atoms with Crippen LogP contribution >= 0.6 is 11.6 Å². The van der Waals surface area contributed by atoms with Crippen molar-refractivity contribution in [2.45, 2.75) is 6.61 Å². The van der Waals surface area contributed by atoms with Crippen LogP contribution in [0, 0.1) is 0 Å². The average molecular weight is 343 g/mol. The average Bonchev–Trinajstić information content (AvgIpc) is 3.14. The van der Waals surface area contributed by atoms with Crippen molar-refractivity contribution in [3.63, 3.8) is 0 Å². The molecule has 1 aromatic heterocycles. The minimum atomic E-state index is 0.334. The van der Waals surface area contributed by atoms with Gasteiger partial charge in [0.05, 0.1) is 5.02 Å². The van der Waals surface area contributed by atoms with Crippen LogP contribution in [0.25, 0.3) is 0 Å². The summed E-state index contributed by atoms with van der Waals surface area (Å²) in [5, 5.41) is 8.59. The number of benzene rings is 2. The summed E-state index contributed by atoms with van der Waals surface area (Å²) in [5.41, 5.74) is 2.93. The van der Waals surface area contributed by atoms with Crippen LogP contribution < -0.4 is 4.74 Å². The van der Waals surface area contributed by atoms with Crippen molar-refractivity contribution in [1.29, 1.82) is 0 Å². The number of nitrogens with zero attached hydrogens (tertiary/aromatic N) is 2. The molecule has 6 heteroatoms. The molecule has 0 saturated heterocycles. The van der Waals surface area contributed by atoms with E-state index >= 15 is 0 Å². The van der Waals surface area contributed by atoms with Crippen LogP contribution in [-0.4, -0.2) is 18.0 Å². The molecule has 1 heterocycles. The Morgan fingerprint density at radius 1 is 1.12 bits per heavy atom. The number of ether oxygens (including phenoxy) is 1. The predicted octanol–water partition coefficient (Wildman–Crippen LogP) is 4.31. The third-order valence-electron chi connectivity index (χ3n) is 3.36. The summed E-state index contributed by atoms with van der Waals surface area (Å²) in [7, 11) is 1.49.